The molecule has 0 aliphatic rings. The Hall–Kier alpha value is -3.03. The third-order valence-corrected chi connectivity index (χ3v) is 5.66. The number of halogens is 3. The highest BCUT2D eigenvalue weighted by atomic mass is 19.4. The number of nitrogens with one attached hydrogen (secondary N) is 1. The van der Waals surface area contributed by atoms with Crippen molar-refractivity contribution >= 4 is 17.5 Å². The minimum absolute atomic E-state index is 0.0205. The van der Waals surface area contributed by atoms with Gasteiger partial charge in [-0.2, -0.15) is 13.2 Å². The Morgan fingerprint density at radius 1 is 0.971 bits per heavy atom. The van der Waals surface area contributed by atoms with E-state index in [9.17, 15) is 23.1 Å². The summed E-state index contributed by atoms with van der Waals surface area (Å²) >= 11 is 0. The molecule has 0 saturated heterocycles. The van der Waals surface area contributed by atoms with Crippen molar-refractivity contribution in [3.63, 3.8) is 0 Å². The number of aryl methyl sites for hydroxylation is 1. The van der Waals surface area contributed by atoms with E-state index >= 15 is 0 Å². The summed E-state index contributed by atoms with van der Waals surface area (Å²) in [5, 5.41) is 16.5. The fourth-order valence-corrected chi connectivity index (χ4v) is 3.72. The number of amides is 1. The molecule has 0 atom stereocenters. The average molecular weight is 493 g/mol. The van der Waals surface area contributed by atoms with Crippen molar-refractivity contribution in [3.8, 4) is 5.75 Å². The molecular weight excluding hydrogens is 457 g/mol. The van der Waals surface area contributed by atoms with Crippen LogP contribution in [-0.2, 0) is 11.0 Å². The first-order chi connectivity index (χ1) is 16.7. The number of carbonyl (C=O) groups excluding carboxylic acids is 1. The summed E-state index contributed by atoms with van der Waals surface area (Å²) in [6, 6.07) is 9.34. The largest absolute Gasteiger partial charge is 0.507 e. The molecule has 0 aliphatic heterocycles. The van der Waals surface area contributed by atoms with E-state index in [0.29, 0.717) is 17.7 Å². The van der Waals surface area contributed by atoms with Crippen LogP contribution in [0, 0.1) is 6.92 Å². The molecule has 2 rings (SSSR count). The van der Waals surface area contributed by atoms with E-state index in [1.807, 2.05) is 6.92 Å². The first-order valence-electron chi connectivity index (χ1n) is 12.2. The number of alkyl halides is 3. The number of phenolic OH excluding ortho intramolecular Hbond substituents is 1. The van der Waals surface area contributed by atoms with Gasteiger partial charge in [0.1, 0.15) is 5.75 Å². The van der Waals surface area contributed by atoms with Crippen molar-refractivity contribution in [1.29, 1.82) is 0 Å². The number of hydrogen-bond donors (Lipinski definition) is 2. The lowest BCUT2D eigenvalue weighted by Gasteiger charge is -2.11. The molecular formula is C27H35F3N2O3. The summed E-state index contributed by atoms with van der Waals surface area (Å²) in [6.07, 6.45) is 5.27. The molecule has 0 saturated carbocycles. The smallest absolute Gasteiger partial charge is 0.437 e. The van der Waals surface area contributed by atoms with Gasteiger partial charge in [-0.25, -0.2) is 4.79 Å². The van der Waals surface area contributed by atoms with E-state index in [1.165, 1.54) is 50.7 Å². The Kier molecular flexibility index (Phi) is 11.6. The molecule has 8 heteroatoms. The van der Waals surface area contributed by atoms with Crippen molar-refractivity contribution in [2.24, 2.45) is 5.16 Å². The third-order valence-electron chi connectivity index (χ3n) is 5.66. The second-order valence-corrected chi connectivity index (χ2v) is 8.72. The van der Waals surface area contributed by atoms with Gasteiger partial charge in [0.25, 0.3) is 0 Å². The van der Waals surface area contributed by atoms with Crippen molar-refractivity contribution in [2.75, 3.05) is 5.32 Å². The molecule has 0 fully saturated rings. The van der Waals surface area contributed by atoms with Gasteiger partial charge < -0.3 is 5.11 Å². The Balaban J connectivity index is 1.98. The molecule has 0 spiro atoms. The summed E-state index contributed by atoms with van der Waals surface area (Å²) in [4.78, 5) is 17.2. The van der Waals surface area contributed by atoms with Crippen LogP contribution in [0.4, 0.5) is 23.7 Å². The number of nitrogens with zero attached hydrogens (tertiary/aromatic N) is 1. The Morgan fingerprint density at radius 2 is 1.63 bits per heavy atom. The fourth-order valence-electron chi connectivity index (χ4n) is 3.72. The lowest BCUT2D eigenvalue weighted by molar-refractivity contribution is -0.137. The summed E-state index contributed by atoms with van der Waals surface area (Å²) in [7, 11) is 0. The van der Waals surface area contributed by atoms with E-state index in [1.54, 1.807) is 18.2 Å². The zero-order valence-corrected chi connectivity index (χ0v) is 20.5. The SMILES string of the molecule is CCCCCCCCCCCC(=NOC(=O)Nc1cccc(C(F)(F)F)c1)c1cc(C)ccc1O. The van der Waals surface area contributed by atoms with Crippen molar-refractivity contribution in [3.05, 3.63) is 59.2 Å². The molecule has 2 aromatic rings. The van der Waals surface area contributed by atoms with Gasteiger partial charge in [0.15, 0.2) is 0 Å². The Labute approximate surface area is 205 Å². The van der Waals surface area contributed by atoms with Crippen molar-refractivity contribution in [1.82, 2.24) is 0 Å². The molecule has 2 N–H and O–H groups in total. The number of carbonyl (C=O) groups is 1. The summed E-state index contributed by atoms with van der Waals surface area (Å²) in [5.41, 5.74) is 0.851. The minimum atomic E-state index is -4.52. The molecule has 0 radical (unpaired) electrons. The lowest BCUT2D eigenvalue weighted by Crippen LogP contribution is -2.14. The summed E-state index contributed by atoms with van der Waals surface area (Å²) < 4.78 is 38.7. The maximum Gasteiger partial charge on any atom is 0.437 e. The number of phenols is 1. The number of benzene rings is 2. The van der Waals surface area contributed by atoms with Crippen LogP contribution in [0.15, 0.2) is 47.6 Å². The summed E-state index contributed by atoms with van der Waals surface area (Å²) in [5.74, 6) is 0.0205. The molecule has 35 heavy (non-hydrogen) atoms. The second kappa shape index (κ2) is 14.4. The van der Waals surface area contributed by atoms with Crippen molar-refractivity contribution in [2.45, 2.75) is 84.2 Å². The molecule has 2 aromatic carbocycles. The summed E-state index contributed by atoms with van der Waals surface area (Å²) in [6.45, 7) is 4.07. The van der Waals surface area contributed by atoms with Crippen LogP contribution in [0.3, 0.4) is 0 Å². The predicted molar refractivity (Wildman–Crippen MR) is 133 cm³/mol. The maximum atomic E-state index is 12.9. The van der Waals surface area contributed by atoms with Crippen LogP contribution in [0.2, 0.25) is 0 Å². The molecule has 0 unspecified atom stereocenters. The quantitative estimate of drug-likeness (QED) is 0.127. The number of hydrogen-bond acceptors (Lipinski definition) is 4. The van der Waals surface area contributed by atoms with E-state index in [2.05, 4.69) is 17.4 Å². The van der Waals surface area contributed by atoms with E-state index in [0.717, 1.165) is 37.0 Å². The van der Waals surface area contributed by atoms with Gasteiger partial charge in [-0.15, -0.1) is 0 Å². The van der Waals surface area contributed by atoms with Crippen LogP contribution >= 0.6 is 0 Å². The van der Waals surface area contributed by atoms with E-state index in [4.69, 9.17) is 4.84 Å². The zero-order chi connectivity index (χ0) is 25.7. The molecule has 192 valence electrons. The van der Waals surface area contributed by atoms with Crippen LogP contribution in [0.5, 0.6) is 5.75 Å². The molecule has 0 heterocycles. The highest BCUT2D eigenvalue weighted by molar-refractivity contribution is 6.03. The van der Waals surface area contributed by atoms with Gasteiger partial charge in [0, 0.05) is 11.3 Å². The third kappa shape index (κ3) is 10.4. The number of anilines is 1. The van der Waals surface area contributed by atoms with Gasteiger partial charge in [-0.1, -0.05) is 81.1 Å². The molecule has 1 amide bonds. The minimum Gasteiger partial charge on any atom is -0.507 e. The Bertz CT molecular complexity index is 974. The first kappa shape index (κ1) is 28.2. The van der Waals surface area contributed by atoms with Crippen LogP contribution in [0.1, 0.15) is 87.8 Å². The average Bonchev–Trinajstić information content (AvgIpc) is 2.81. The molecule has 5 nitrogen and oxygen atoms in total. The monoisotopic (exact) mass is 492 g/mol. The molecule has 0 bridgehead atoms. The first-order valence-corrected chi connectivity index (χ1v) is 12.2. The van der Waals surface area contributed by atoms with Crippen LogP contribution < -0.4 is 5.32 Å². The standard InChI is InChI=1S/C27H35F3N2O3/c1-3-4-5-6-7-8-9-10-11-15-24(23-18-20(2)16-17-25(23)33)32-35-26(34)31-22-14-12-13-21(19-22)27(28,29)30/h12-14,16-19,33H,3-11,15H2,1-2H3,(H,31,34). The number of aromatic hydroxyl groups is 1. The maximum absolute atomic E-state index is 12.9. The van der Waals surface area contributed by atoms with Gasteiger partial charge in [-0.3, -0.25) is 10.2 Å². The fraction of sp³-hybridized carbons (Fsp3) is 0.481. The van der Waals surface area contributed by atoms with Gasteiger partial charge in [-0.05, 0) is 50.1 Å². The zero-order valence-electron chi connectivity index (χ0n) is 20.5. The lowest BCUT2D eigenvalue weighted by atomic mass is 10.00. The molecule has 0 aliphatic carbocycles. The topological polar surface area (TPSA) is 70.9 Å². The number of rotatable bonds is 13. The predicted octanol–water partition coefficient (Wildman–Crippen LogP) is 8.59. The van der Waals surface area contributed by atoms with Gasteiger partial charge in [0.2, 0.25) is 0 Å². The van der Waals surface area contributed by atoms with Crippen LogP contribution in [0.25, 0.3) is 0 Å². The Morgan fingerprint density at radius 3 is 2.29 bits per heavy atom. The number of oxime groups is 1. The van der Waals surface area contributed by atoms with E-state index in [-0.39, 0.29) is 11.4 Å². The van der Waals surface area contributed by atoms with Crippen LogP contribution in [-0.4, -0.2) is 16.9 Å². The number of unbranched alkanes of at least 4 members (excludes halogenated alkanes) is 8. The van der Waals surface area contributed by atoms with Crippen molar-refractivity contribution < 1.29 is 27.9 Å². The van der Waals surface area contributed by atoms with E-state index < -0.39 is 17.8 Å². The van der Waals surface area contributed by atoms with Gasteiger partial charge in [0.05, 0.1) is 11.3 Å². The second-order valence-electron chi connectivity index (χ2n) is 8.72. The normalized spacial score (nSPS) is 12.0. The molecule has 0 aromatic heterocycles. The van der Waals surface area contributed by atoms with Gasteiger partial charge >= 0.3 is 12.3 Å². The highest BCUT2D eigenvalue weighted by Gasteiger charge is 2.30. The highest BCUT2D eigenvalue weighted by Crippen LogP contribution is 2.30.